The Balaban J connectivity index is 4.88. The molecule has 0 aromatic rings. The number of hydrogen-bond donors (Lipinski definition) is 3. The minimum atomic E-state index is -1.42. The van der Waals surface area contributed by atoms with Crippen molar-refractivity contribution in [2.45, 2.75) is 65.6 Å². The number of alkyl carbamates (subject to hydrolysis) is 1. The molecular formula is C14H26N2O5. The Morgan fingerprint density at radius 1 is 1.05 bits per heavy atom. The van der Waals surface area contributed by atoms with Crippen molar-refractivity contribution in [3.05, 3.63) is 0 Å². The third-order valence-electron chi connectivity index (χ3n) is 2.59. The summed E-state index contributed by atoms with van der Waals surface area (Å²) in [5.41, 5.74) is -2.09. The first-order valence-corrected chi connectivity index (χ1v) is 6.81. The van der Waals surface area contributed by atoms with E-state index in [1.54, 1.807) is 34.6 Å². The fourth-order valence-electron chi connectivity index (χ4n) is 1.41. The zero-order valence-electron chi connectivity index (χ0n) is 13.7. The van der Waals surface area contributed by atoms with Gasteiger partial charge in [-0.3, -0.25) is 4.79 Å². The Kier molecular flexibility index (Phi) is 6.20. The first kappa shape index (κ1) is 19.2. The lowest BCUT2D eigenvalue weighted by Crippen LogP contribution is -2.58. The molecule has 2 amide bonds. The molecule has 1 atom stereocenters. The van der Waals surface area contributed by atoms with Crippen molar-refractivity contribution in [2.75, 3.05) is 0 Å². The van der Waals surface area contributed by atoms with Gasteiger partial charge in [0.25, 0.3) is 0 Å². The first-order chi connectivity index (χ1) is 9.26. The van der Waals surface area contributed by atoms with Crippen LogP contribution in [0, 0.1) is 5.92 Å². The highest BCUT2D eigenvalue weighted by Crippen LogP contribution is 2.10. The van der Waals surface area contributed by atoms with E-state index in [0.717, 1.165) is 0 Å². The quantitative estimate of drug-likeness (QED) is 0.714. The molecule has 0 fully saturated rings. The summed E-state index contributed by atoms with van der Waals surface area (Å²) in [5, 5.41) is 13.9. The van der Waals surface area contributed by atoms with Crippen molar-refractivity contribution >= 4 is 18.0 Å². The van der Waals surface area contributed by atoms with Crippen molar-refractivity contribution < 1.29 is 24.2 Å². The largest absolute Gasteiger partial charge is 0.480 e. The summed E-state index contributed by atoms with van der Waals surface area (Å²) in [4.78, 5) is 34.9. The SMILES string of the molecule is CC(C)[C@H](NC(=O)OC(C)(C)C)C(=O)NC(C)(C)C(=O)O. The summed E-state index contributed by atoms with van der Waals surface area (Å²) >= 11 is 0. The summed E-state index contributed by atoms with van der Waals surface area (Å²) in [6.45, 7) is 11.4. The van der Waals surface area contributed by atoms with Gasteiger partial charge in [-0.25, -0.2) is 9.59 Å². The van der Waals surface area contributed by atoms with Gasteiger partial charge in [0.1, 0.15) is 17.2 Å². The van der Waals surface area contributed by atoms with E-state index < -0.39 is 35.2 Å². The number of aliphatic carboxylic acids is 1. The number of rotatable bonds is 5. The van der Waals surface area contributed by atoms with Gasteiger partial charge < -0.3 is 20.5 Å². The highest BCUT2D eigenvalue weighted by molar-refractivity contribution is 5.91. The molecule has 0 aliphatic rings. The maximum atomic E-state index is 12.2. The summed E-state index contributed by atoms with van der Waals surface area (Å²) in [6.07, 6.45) is -0.718. The molecule has 0 radical (unpaired) electrons. The fourth-order valence-corrected chi connectivity index (χ4v) is 1.41. The zero-order chi connectivity index (χ0) is 17.0. The van der Waals surface area contributed by atoms with E-state index in [1.807, 2.05) is 0 Å². The summed E-state index contributed by atoms with van der Waals surface area (Å²) in [6, 6.07) is -0.876. The Morgan fingerprint density at radius 3 is 1.86 bits per heavy atom. The van der Waals surface area contributed by atoms with Crippen LogP contribution in [0.3, 0.4) is 0 Å². The van der Waals surface area contributed by atoms with E-state index in [1.165, 1.54) is 13.8 Å². The molecule has 0 heterocycles. The molecule has 0 unspecified atom stereocenters. The van der Waals surface area contributed by atoms with Crippen LogP contribution >= 0.6 is 0 Å². The van der Waals surface area contributed by atoms with Crippen LogP contribution in [0.25, 0.3) is 0 Å². The molecule has 0 aromatic heterocycles. The Bertz CT molecular complexity index is 410. The molecule has 3 N–H and O–H groups in total. The second-order valence-electron chi connectivity index (χ2n) is 6.79. The van der Waals surface area contributed by atoms with Gasteiger partial charge in [0.2, 0.25) is 5.91 Å². The first-order valence-electron chi connectivity index (χ1n) is 6.81. The lowest BCUT2D eigenvalue weighted by atomic mass is 10.0. The Hall–Kier alpha value is -1.79. The molecule has 0 spiro atoms. The number of carboxylic acid groups (broad SMARTS) is 1. The van der Waals surface area contributed by atoms with Crippen LogP contribution in [-0.2, 0) is 14.3 Å². The van der Waals surface area contributed by atoms with Gasteiger partial charge in [-0.1, -0.05) is 13.8 Å². The van der Waals surface area contributed by atoms with Gasteiger partial charge in [-0.05, 0) is 40.5 Å². The predicted octanol–water partition coefficient (Wildman–Crippen LogP) is 1.52. The molecule has 0 aliphatic heterocycles. The summed E-state index contributed by atoms with van der Waals surface area (Å²) in [7, 11) is 0. The van der Waals surface area contributed by atoms with Crippen LogP contribution in [0.5, 0.6) is 0 Å². The molecule has 0 bridgehead atoms. The third-order valence-corrected chi connectivity index (χ3v) is 2.59. The smallest absolute Gasteiger partial charge is 0.408 e. The third kappa shape index (κ3) is 6.97. The number of ether oxygens (including phenoxy) is 1. The average Bonchev–Trinajstić information content (AvgIpc) is 2.21. The maximum absolute atomic E-state index is 12.2. The Labute approximate surface area is 125 Å². The van der Waals surface area contributed by atoms with Crippen LogP contribution < -0.4 is 10.6 Å². The number of amides is 2. The summed E-state index contributed by atoms with van der Waals surface area (Å²) in [5.74, 6) is -1.94. The second-order valence-corrected chi connectivity index (χ2v) is 6.79. The van der Waals surface area contributed by atoms with Gasteiger partial charge >= 0.3 is 12.1 Å². The standard InChI is InChI=1S/C14H26N2O5/c1-8(2)9(15-12(20)21-13(3,4)5)10(17)16-14(6,7)11(18)19/h8-9H,1-7H3,(H,15,20)(H,16,17)(H,18,19)/t9-/m0/s1. The van der Waals surface area contributed by atoms with Crippen molar-refractivity contribution in [2.24, 2.45) is 5.92 Å². The van der Waals surface area contributed by atoms with E-state index in [4.69, 9.17) is 9.84 Å². The van der Waals surface area contributed by atoms with Gasteiger partial charge in [0, 0.05) is 0 Å². The van der Waals surface area contributed by atoms with Crippen LogP contribution in [0.4, 0.5) is 4.79 Å². The molecule has 0 aliphatic carbocycles. The second kappa shape index (κ2) is 6.78. The highest BCUT2D eigenvalue weighted by Gasteiger charge is 2.34. The number of carbonyl (C=O) groups excluding carboxylic acids is 2. The molecule has 7 nitrogen and oxygen atoms in total. The number of carbonyl (C=O) groups is 3. The minimum Gasteiger partial charge on any atom is -0.480 e. The number of nitrogens with one attached hydrogen (secondary N) is 2. The van der Waals surface area contributed by atoms with E-state index in [0.29, 0.717) is 0 Å². The van der Waals surface area contributed by atoms with Crippen molar-refractivity contribution in [1.29, 1.82) is 0 Å². The predicted molar refractivity (Wildman–Crippen MR) is 77.9 cm³/mol. The van der Waals surface area contributed by atoms with E-state index >= 15 is 0 Å². The van der Waals surface area contributed by atoms with E-state index in [2.05, 4.69) is 10.6 Å². The van der Waals surface area contributed by atoms with Crippen LogP contribution in [0.2, 0.25) is 0 Å². The monoisotopic (exact) mass is 302 g/mol. The average molecular weight is 302 g/mol. The van der Waals surface area contributed by atoms with Crippen LogP contribution in [0.15, 0.2) is 0 Å². The molecular weight excluding hydrogens is 276 g/mol. The molecule has 0 saturated heterocycles. The minimum absolute atomic E-state index is 0.220. The highest BCUT2D eigenvalue weighted by atomic mass is 16.6. The van der Waals surface area contributed by atoms with Crippen LogP contribution in [0.1, 0.15) is 48.5 Å². The molecule has 0 aromatic carbocycles. The molecule has 0 saturated carbocycles. The van der Waals surface area contributed by atoms with E-state index in [9.17, 15) is 14.4 Å². The summed E-state index contributed by atoms with van der Waals surface area (Å²) < 4.78 is 5.10. The topological polar surface area (TPSA) is 105 Å². The molecule has 21 heavy (non-hydrogen) atoms. The fraction of sp³-hybridized carbons (Fsp3) is 0.786. The van der Waals surface area contributed by atoms with Crippen molar-refractivity contribution in [3.8, 4) is 0 Å². The van der Waals surface area contributed by atoms with E-state index in [-0.39, 0.29) is 5.92 Å². The lowest BCUT2D eigenvalue weighted by molar-refractivity contribution is -0.146. The maximum Gasteiger partial charge on any atom is 0.408 e. The lowest BCUT2D eigenvalue weighted by Gasteiger charge is -2.28. The van der Waals surface area contributed by atoms with Gasteiger partial charge in [-0.15, -0.1) is 0 Å². The van der Waals surface area contributed by atoms with Crippen molar-refractivity contribution in [3.63, 3.8) is 0 Å². The zero-order valence-corrected chi connectivity index (χ0v) is 13.7. The molecule has 122 valence electrons. The normalized spacial score (nSPS) is 13.5. The number of carboxylic acids is 1. The van der Waals surface area contributed by atoms with Gasteiger partial charge in [0.15, 0.2) is 0 Å². The van der Waals surface area contributed by atoms with Gasteiger partial charge in [0.05, 0.1) is 0 Å². The number of hydrogen-bond acceptors (Lipinski definition) is 4. The molecule has 0 rings (SSSR count). The van der Waals surface area contributed by atoms with Crippen molar-refractivity contribution in [1.82, 2.24) is 10.6 Å². The van der Waals surface area contributed by atoms with Gasteiger partial charge in [-0.2, -0.15) is 0 Å². The Morgan fingerprint density at radius 2 is 1.52 bits per heavy atom. The van der Waals surface area contributed by atoms with Crippen LogP contribution in [-0.4, -0.2) is 40.3 Å². The molecule has 7 heteroatoms.